The minimum Gasteiger partial charge on any atom is -0.465 e. The van der Waals surface area contributed by atoms with Crippen LogP contribution in [-0.4, -0.2) is 24.5 Å². The van der Waals surface area contributed by atoms with Gasteiger partial charge in [-0.2, -0.15) is 0 Å². The molecule has 2 aromatic carbocycles. The Morgan fingerprint density at radius 2 is 1.40 bits per heavy atom. The van der Waals surface area contributed by atoms with Crippen LogP contribution in [0.2, 0.25) is 0 Å². The Bertz CT molecular complexity index is 991. The molecule has 0 bridgehead atoms. The Labute approximate surface area is 244 Å². The van der Waals surface area contributed by atoms with Crippen molar-refractivity contribution in [2.24, 2.45) is 11.3 Å². The fourth-order valence-corrected chi connectivity index (χ4v) is 5.97. The maximum absolute atomic E-state index is 12.4. The van der Waals surface area contributed by atoms with E-state index in [2.05, 4.69) is 46.8 Å². The highest BCUT2D eigenvalue weighted by molar-refractivity contribution is 5.89. The predicted octanol–water partition coefficient (Wildman–Crippen LogP) is 9.73. The lowest BCUT2D eigenvalue weighted by atomic mass is 9.75. The van der Waals surface area contributed by atoms with Crippen molar-refractivity contribution in [3.8, 4) is 5.75 Å². The van der Waals surface area contributed by atoms with E-state index in [1.807, 2.05) is 43.3 Å². The molecular weight excluding hydrogens is 496 g/mol. The molecule has 0 saturated heterocycles. The molecule has 1 unspecified atom stereocenters. The van der Waals surface area contributed by atoms with Crippen molar-refractivity contribution in [2.45, 2.75) is 130 Å². The van der Waals surface area contributed by atoms with Crippen molar-refractivity contribution in [1.82, 2.24) is 0 Å². The van der Waals surface area contributed by atoms with Crippen molar-refractivity contribution < 1.29 is 19.0 Å². The first-order chi connectivity index (χ1) is 19.2. The predicted molar refractivity (Wildman–Crippen MR) is 165 cm³/mol. The summed E-state index contributed by atoms with van der Waals surface area (Å²) < 4.78 is 17.5. The number of ether oxygens (including phenoxy) is 3. The molecule has 0 N–H and O–H groups in total. The molecule has 4 heteroatoms. The van der Waals surface area contributed by atoms with Gasteiger partial charge in [0.1, 0.15) is 11.4 Å². The molecule has 0 aromatic heterocycles. The smallest absolute Gasteiger partial charge is 0.338 e. The summed E-state index contributed by atoms with van der Waals surface area (Å²) in [6.45, 7) is 13.6. The van der Waals surface area contributed by atoms with Gasteiger partial charge in [-0.1, -0.05) is 91.0 Å². The summed E-state index contributed by atoms with van der Waals surface area (Å²) in [5.74, 6) is 1.59. The topological polar surface area (TPSA) is 44.8 Å². The fraction of sp³-hybridized carbons (Fsp3) is 0.639. The molecule has 4 rings (SSSR count). The molecule has 0 heterocycles. The van der Waals surface area contributed by atoms with E-state index in [9.17, 15) is 4.79 Å². The highest BCUT2D eigenvalue weighted by Gasteiger charge is 2.47. The van der Waals surface area contributed by atoms with Crippen LogP contribution in [0.15, 0.2) is 48.5 Å². The zero-order chi connectivity index (χ0) is 29.0. The number of benzene rings is 2. The Kier molecular flexibility index (Phi) is 12.6. The van der Waals surface area contributed by atoms with Gasteiger partial charge in [-0.05, 0) is 93.2 Å². The maximum atomic E-state index is 12.4. The molecule has 0 radical (unpaired) electrons. The maximum Gasteiger partial charge on any atom is 0.338 e. The monoisotopic (exact) mass is 550 g/mol. The molecule has 0 amide bonds. The van der Waals surface area contributed by atoms with Crippen molar-refractivity contribution in [3.63, 3.8) is 0 Å². The van der Waals surface area contributed by atoms with Gasteiger partial charge >= 0.3 is 5.97 Å². The standard InChI is InChI=1S/C18H26O2.C18H28O2/c1-5-14-8-10-15(11-9-14)16(19)20-18(17(2,3)4)12-6-7-13-18;1-3-16-9-11-18(12-10-16)20-15(2)19-14-13-17-7-5-4-6-8-17/h8-11H,5-7,12-13H2,1-4H3;9-12,15,17H,3-8,13-14H2,1-2H3. The number of carbonyl (C=O) groups is 1. The molecule has 0 aliphatic heterocycles. The minimum atomic E-state index is -0.298. The van der Waals surface area contributed by atoms with Crippen LogP contribution in [0.3, 0.4) is 0 Å². The van der Waals surface area contributed by atoms with Crippen LogP contribution in [0.25, 0.3) is 0 Å². The normalized spacial score (nSPS) is 17.9. The summed E-state index contributed by atoms with van der Waals surface area (Å²) in [7, 11) is 0. The molecular formula is C36H54O4. The van der Waals surface area contributed by atoms with Crippen LogP contribution in [-0.2, 0) is 22.3 Å². The summed E-state index contributed by atoms with van der Waals surface area (Å²) in [4.78, 5) is 12.4. The quantitative estimate of drug-likeness (QED) is 0.218. The van der Waals surface area contributed by atoms with Gasteiger partial charge in [0.05, 0.1) is 12.2 Å². The molecule has 40 heavy (non-hydrogen) atoms. The van der Waals surface area contributed by atoms with Gasteiger partial charge in [-0.15, -0.1) is 0 Å². The number of aryl methyl sites for hydroxylation is 2. The Morgan fingerprint density at radius 1 is 0.850 bits per heavy atom. The molecule has 2 aromatic rings. The number of rotatable bonds is 10. The lowest BCUT2D eigenvalue weighted by Crippen LogP contribution is -2.44. The molecule has 0 spiro atoms. The Hall–Kier alpha value is -2.33. The molecule has 222 valence electrons. The van der Waals surface area contributed by atoms with Crippen LogP contribution >= 0.6 is 0 Å². The number of carbonyl (C=O) groups excluding carboxylic acids is 1. The number of hydrogen-bond acceptors (Lipinski definition) is 4. The first kappa shape index (κ1) is 32.2. The molecule has 1 atom stereocenters. The van der Waals surface area contributed by atoms with Crippen LogP contribution < -0.4 is 4.74 Å². The minimum absolute atomic E-state index is 0.0114. The lowest BCUT2D eigenvalue weighted by molar-refractivity contribution is -0.0749. The number of hydrogen-bond donors (Lipinski definition) is 0. The van der Waals surface area contributed by atoms with Gasteiger partial charge < -0.3 is 14.2 Å². The van der Waals surface area contributed by atoms with E-state index in [1.54, 1.807) is 0 Å². The zero-order valence-electron chi connectivity index (χ0n) is 26.1. The highest BCUT2D eigenvalue weighted by atomic mass is 16.7. The van der Waals surface area contributed by atoms with E-state index >= 15 is 0 Å². The fourth-order valence-electron chi connectivity index (χ4n) is 5.97. The van der Waals surface area contributed by atoms with Gasteiger partial charge in [0.25, 0.3) is 0 Å². The highest BCUT2D eigenvalue weighted by Crippen LogP contribution is 2.46. The van der Waals surface area contributed by atoms with Gasteiger partial charge in [0.2, 0.25) is 0 Å². The summed E-state index contributed by atoms with van der Waals surface area (Å²) in [6, 6.07) is 16.1. The summed E-state index contributed by atoms with van der Waals surface area (Å²) in [5.41, 5.74) is 2.93. The lowest BCUT2D eigenvalue weighted by Gasteiger charge is -2.41. The van der Waals surface area contributed by atoms with Gasteiger partial charge in [-0.3, -0.25) is 0 Å². The third-order valence-electron chi connectivity index (χ3n) is 8.90. The molecule has 2 fully saturated rings. The second-order valence-corrected chi connectivity index (χ2v) is 12.7. The van der Waals surface area contributed by atoms with Crippen molar-refractivity contribution in [2.75, 3.05) is 6.61 Å². The van der Waals surface area contributed by atoms with Crippen molar-refractivity contribution in [1.29, 1.82) is 0 Å². The van der Waals surface area contributed by atoms with Crippen LogP contribution in [0, 0.1) is 11.3 Å². The SMILES string of the molecule is CCc1ccc(C(=O)OC2(C(C)(C)C)CCCC2)cc1.CCc1ccc(OC(C)OCCC2CCCCC2)cc1. The second kappa shape index (κ2) is 15.6. The van der Waals surface area contributed by atoms with Gasteiger partial charge in [0.15, 0.2) is 6.29 Å². The molecule has 2 aliphatic carbocycles. The summed E-state index contributed by atoms with van der Waals surface area (Å²) in [6.07, 6.45) is 14.3. The molecule has 2 aliphatic rings. The van der Waals surface area contributed by atoms with E-state index < -0.39 is 0 Å². The third-order valence-corrected chi connectivity index (χ3v) is 8.90. The van der Waals surface area contributed by atoms with E-state index in [1.165, 1.54) is 49.7 Å². The Morgan fingerprint density at radius 3 is 1.93 bits per heavy atom. The first-order valence-electron chi connectivity index (χ1n) is 15.8. The Balaban J connectivity index is 0.000000220. The van der Waals surface area contributed by atoms with E-state index in [0.29, 0.717) is 5.56 Å². The van der Waals surface area contributed by atoms with Crippen molar-refractivity contribution >= 4 is 5.97 Å². The molecule has 4 nitrogen and oxygen atoms in total. The van der Waals surface area contributed by atoms with Gasteiger partial charge in [0, 0.05) is 5.41 Å². The second-order valence-electron chi connectivity index (χ2n) is 12.7. The average molecular weight is 551 g/mol. The van der Waals surface area contributed by atoms with E-state index in [4.69, 9.17) is 14.2 Å². The van der Waals surface area contributed by atoms with Crippen LogP contribution in [0.4, 0.5) is 0 Å². The first-order valence-corrected chi connectivity index (χ1v) is 15.8. The zero-order valence-corrected chi connectivity index (χ0v) is 26.1. The van der Waals surface area contributed by atoms with E-state index in [-0.39, 0.29) is 23.3 Å². The van der Waals surface area contributed by atoms with Crippen LogP contribution in [0.5, 0.6) is 5.75 Å². The van der Waals surface area contributed by atoms with Crippen molar-refractivity contribution in [3.05, 3.63) is 65.2 Å². The summed E-state index contributed by atoms with van der Waals surface area (Å²) in [5, 5.41) is 0. The number of esters is 1. The molecule has 2 saturated carbocycles. The third kappa shape index (κ3) is 9.65. The summed E-state index contributed by atoms with van der Waals surface area (Å²) >= 11 is 0. The van der Waals surface area contributed by atoms with E-state index in [0.717, 1.165) is 56.8 Å². The largest absolute Gasteiger partial charge is 0.465 e. The van der Waals surface area contributed by atoms with Crippen LogP contribution in [0.1, 0.15) is 127 Å². The van der Waals surface area contributed by atoms with Gasteiger partial charge in [-0.25, -0.2) is 4.79 Å². The average Bonchev–Trinajstić information content (AvgIpc) is 3.44.